The Hall–Kier alpha value is -2.86. The molecule has 2 aromatic carbocycles. The minimum absolute atomic E-state index is 0.250. The van der Waals surface area contributed by atoms with E-state index >= 15 is 0 Å². The van der Waals surface area contributed by atoms with Crippen molar-refractivity contribution in [2.75, 3.05) is 5.32 Å². The molecule has 0 spiro atoms. The van der Waals surface area contributed by atoms with Crippen LogP contribution >= 0.6 is 11.3 Å². The number of aryl methyl sites for hydroxylation is 1. The van der Waals surface area contributed by atoms with Gasteiger partial charge in [-0.05, 0) is 37.3 Å². The number of nitrogens with one attached hydrogen (secondary N) is 1. The molecule has 0 saturated carbocycles. The van der Waals surface area contributed by atoms with Crippen molar-refractivity contribution in [3.63, 3.8) is 0 Å². The number of ketones is 1. The molecule has 120 valence electrons. The molecule has 0 fully saturated rings. The predicted molar refractivity (Wildman–Crippen MR) is 91.1 cm³/mol. The molecule has 24 heavy (non-hydrogen) atoms. The van der Waals surface area contributed by atoms with E-state index in [1.807, 2.05) is 6.92 Å². The van der Waals surface area contributed by atoms with E-state index < -0.39 is 11.7 Å². The zero-order valence-corrected chi connectivity index (χ0v) is 13.6. The quantitative estimate of drug-likeness (QED) is 0.728. The zero-order chi connectivity index (χ0) is 17.1. The minimum Gasteiger partial charge on any atom is -0.298 e. The molecule has 0 unspecified atom stereocenters. The molecule has 0 aliphatic carbocycles. The lowest BCUT2D eigenvalue weighted by atomic mass is 9.98. The van der Waals surface area contributed by atoms with E-state index in [0.29, 0.717) is 10.7 Å². The van der Waals surface area contributed by atoms with Crippen LogP contribution in [0.15, 0.2) is 54.7 Å². The van der Waals surface area contributed by atoms with Gasteiger partial charge in [-0.15, -0.1) is 11.3 Å². The van der Waals surface area contributed by atoms with Gasteiger partial charge in [0.2, 0.25) is 0 Å². The summed E-state index contributed by atoms with van der Waals surface area (Å²) < 4.78 is 13.0. The fourth-order valence-electron chi connectivity index (χ4n) is 2.21. The van der Waals surface area contributed by atoms with Gasteiger partial charge in [0.25, 0.3) is 5.91 Å². The summed E-state index contributed by atoms with van der Waals surface area (Å²) in [6, 6.07) is 11.8. The first kappa shape index (κ1) is 16.0. The molecule has 0 aliphatic rings. The van der Waals surface area contributed by atoms with Gasteiger partial charge in [0.15, 0.2) is 10.9 Å². The maximum atomic E-state index is 13.0. The first-order valence-corrected chi connectivity index (χ1v) is 7.99. The van der Waals surface area contributed by atoms with Crippen molar-refractivity contribution in [2.24, 2.45) is 0 Å². The monoisotopic (exact) mass is 340 g/mol. The van der Waals surface area contributed by atoms with Crippen molar-refractivity contribution in [3.8, 4) is 0 Å². The third kappa shape index (κ3) is 3.38. The fourth-order valence-corrected chi connectivity index (χ4v) is 2.87. The van der Waals surface area contributed by atoms with Crippen LogP contribution < -0.4 is 5.32 Å². The molecule has 4 nitrogen and oxygen atoms in total. The van der Waals surface area contributed by atoms with Crippen LogP contribution in [0.4, 0.5) is 9.52 Å². The third-order valence-electron chi connectivity index (χ3n) is 3.36. The standard InChI is InChI=1S/C18H13FN2O2S/c1-11-10-20-18(24-11)21-17(23)15-5-3-2-4-14(15)16(22)12-6-8-13(19)9-7-12/h2-10H,1H3,(H,20,21,23). The summed E-state index contributed by atoms with van der Waals surface area (Å²) in [7, 11) is 0. The van der Waals surface area contributed by atoms with E-state index in [1.54, 1.807) is 30.5 Å². The van der Waals surface area contributed by atoms with Gasteiger partial charge in [-0.2, -0.15) is 0 Å². The predicted octanol–water partition coefficient (Wildman–Crippen LogP) is 4.07. The van der Waals surface area contributed by atoms with Crippen LogP contribution in [0.25, 0.3) is 0 Å². The van der Waals surface area contributed by atoms with E-state index in [0.717, 1.165) is 4.88 Å². The molecule has 6 heteroatoms. The number of hydrogen-bond donors (Lipinski definition) is 1. The number of thiazole rings is 1. The number of amides is 1. The van der Waals surface area contributed by atoms with Crippen molar-refractivity contribution in [1.82, 2.24) is 4.98 Å². The Labute approximate surface area is 142 Å². The summed E-state index contributed by atoms with van der Waals surface area (Å²) in [5, 5.41) is 3.16. The number of carbonyl (C=O) groups is 2. The first-order valence-electron chi connectivity index (χ1n) is 7.17. The number of aromatic nitrogens is 1. The molecule has 1 N–H and O–H groups in total. The van der Waals surface area contributed by atoms with Gasteiger partial charge < -0.3 is 0 Å². The number of carbonyl (C=O) groups excluding carboxylic acids is 2. The number of halogens is 1. The highest BCUT2D eigenvalue weighted by molar-refractivity contribution is 7.15. The largest absolute Gasteiger partial charge is 0.298 e. The van der Waals surface area contributed by atoms with E-state index in [4.69, 9.17) is 0 Å². The van der Waals surface area contributed by atoms with Crippen LogP contribution in [0.1, 0.15) is 31.2 Å². The van der Waals surface area contributed by atoms with Gasteiger partial charge >= 0.3 is 0 Å². The van der Waals surface area contributed by atoms with Gasteiger partial charge in [0.05, 0.1) is 5.56 Å². The van der Waals surface area contributed by atoms with Gasteiger partial charge in [0.1, 0.15) is 5.82 Å². The minimum atomic E-state index is -0.420. The Morgan fingerprint density at radius 3 is 2.33 bits per heavy atom. The van der Waals surface area contributed by atoms with E-state index in [9.17, 15) is 14.0 Å². The van der Waals surface area contributed by atoms with Crippen LogP contribution in [0.2, 0.25) is 0 Å². The molecule has 0 aliphatic heterocycles. The van der Waals surface area contributed by atoms with Gasteiger partial charge in [0, 0.05) is 22.2 Å². The van der Waals surface area contributed by atoms with E-state index in [1.165, 1.54) is 35.6 Å². The molecule has 3 aromatic rings. The Morgan fingerprint density at radius 2 is 1.71 bits per heavy atom. The SMILES string of the molecule is Cc1cnc(NC(=O)c2ccccc2C(=O)c2ccc(F)cc2)s1. The average molecular weight is 340 g/mol. The lowest BCUT2D eigenvalue weighted by Gasteiger charge is -2.08. The lowest BCUT2D eigenvalue weighted by Crippen LogP contribution is -2.16. The Morgan fingerprint density at radius 1 is 1.04 bits per heavy atom. The van der Waals surface area contributed by atoms with Crippen LogP contribution in [-0.2, 0) is 0 Å². The van der Waals surface area contributed by atoms with Crippen LogP contribution in [0.5, 0.6) is 0 Å². The second-order valence-corrected chi connectivity index (χ2v) is 6.35. The second kappa shape index (κ2) is 6.72. The van der Waals surface area contributed by atoms with Crippen molar-refractivity contribution in [2.45, 2.75) is 6.92 Å². The van der Waals surface area contributed by atoms with E-state index in [2.05, 4.69) is 10.3 Å². The maximum absolute atomic E-state index is 13.0. The third-order valence-corrected chi connectivity index (χ3v) is 4.19. The van der Waals surface area contributed by atoms with Crippen LogP contribution in [-0.4, -0.2) is 16.7 Å². The number of rotatable bonds is 4. The highest BCUT2D eigenvalue weighted by atomic mass is 32.1. The summed E-state index contributed by atoms with van der Waals surface area (Å²) in [6.45, 7) is 1.89. The topological polar surface area (TPSA) is 59.1 Å². The Bertz CT molecular complexity index is 903. The number of benzene rings is 2. The highest BCUT2D eigenvalue weighted by Gasteiger charge is 2.18. The summed E-state index contributed by atoms with van der Waals surface area (Å²) >= 11 is 1.35. The average Bonchev–Trinajstić information content (AvgIpc) is 3.00. The summed E-state index contributed by atoms with van der Waals surface area (Å²) in [5.74, 6) is -1.16. The van der Waals surface area contributed by atoms with Crippen molar-refractivity contribution < 1.29 is 14.0 Å². The molecule has 1 heterocycles. The fraction of sp³-hybridized carbons (Fsp3) is 0.0556. The number of anilines is 1. The van der Waals surface area contributed by atoms with Crippen molar-refractivity contribution >= 4 is 28.2 Å². The first-order chi connectivity index (χ1) is 11.5. The molecule has 0 saturated heterocycles. The highest BCUT2D eigenvalue weighted by Crippen LogP contribution is 2.20. The lowest BCUT2D eigenvalue weighted by molar-refractivity contribution is 0.0996. The van der Waals surface area contributed by atoms with E-state index in [-0.39, 0.29) is 16.9 Å². The molecule has 0 atom stereocenters. The smallest absolute Gasteiger partial charge is 0.258 e. The second-order valence-electron chi connectivity index (χ2n) is 5.11. The van der Waals surface area contributed by atoms with Gasteiger partial charge in [-0.25, -0.2) is 9.37 Å². The van der Waals surface area contributed by atoms with Crippen LogP contribution in [0.3, 0.4) is 0 Å². The number of hydrogen-bond acceptors (Lipinski definition) is 4. The Balaban J connectivity index is 1.91. The summed E-state index contributed by atoms with van der Waals surface area (Å²) in [4.78, 5) is 30.2. The van der Waals surface area contributed by atoms with Gasteiger partial charge in [-0.3, -0.25) is 14.9 Å². The molecular formula is C18H13FN2O2S. The maximum Gasteiger partial charge on any atom is 0.258 e. The summed E-state index contributed by atoms with van der Waals surface area (Å²) in [5.41, 5.74) is 0.830. The zero-order valence-electron chi connectivity index (χ0n) is 12.7. The molecule has 0 bridgehead atoms. The molecule has 3 rings (SSSR count). The van der Waals surface area contributed by atoms with Crippen molar-refractivity contribution in [1.29, 1.82) is 0 Å². The molecular weight excluding hydrogens is 327 g/mol. The molecule has 0 radical (unpaired) electrons. The van der Waals surface area contributed by atoms with Gasteiger partial charge in [-0.1, -0.05) is 18.2 Å². The Kier molecular flexibility index (Phi) is 4.48. The number of nitrogens with zero attached hydrogens (tertiary/aromatic N) is 1. The van der Waals surface area contributed by atoms with Crippen LogP contribution in [0, 0.1) is 12.7 Å². The molecule has 1 aromatic heterocycles. The molecule has 1 amide bonds. The normalized spacial score (nSPS) is 10.4. The summed E-state index contributed by atoms with van der Waals surface area (Å²) in [6.07, 6.45) is 1.66. The van der Waals surface area contributed by atoms with Crippen molar-refractivity contribution in [3.05, 3.63) is 82.1 Å².